The molecule has 1 aromatic heterocycles. The van der Waals surface area contributed by atoms with Gasteiger partial charge in [-0.3, -0.25) is 24.3 Å². The molecule has 2 heterocycles. The highest BCUT2D eigenvalue weighted by molar-refractivity contribution is 6.30. The summed E-state index contributed by atoms with van der Waals surface area (Å²) in [6.07, 6.45) is 0.483. The molecule has 16 heteroatoms. The van der Waals surface area contributed by atoms with Gasteiger partial charge in [-0.05, 0) is 86.3 Å². The number of carbonyl (C=O) groups excluding carboxylic acids is 3. The summed E-state index contributed by atoms with van der Waals surface area (Å²) in [5.41, 5.74) is 4.32. The minimum absolute atomic E-state index is 0.159. The first kappa shape index (κ1) is 33.7. The second-order valence-corrected chi connectivity index (χ2v) is 11.3. The number of nitro benzene ring substituents is 1. The smallest absolute Gasteiger partial charge is 0.337 e. The maximum Gasteiger partial charge on any atom is 0.337 e. The van der Waals surface area contributed by atoms with Crippen molar-refractivity contribution in [2.24, 2.45) is 0 Å². The average Bonchev–Trinajstić information content (AvgIpc) is 3.67. The number of hydrazine groups is 2. The molecular formula is C32H31ClN5O10+. The van der Waals surface area contributed by atoms with E-state index in [4.69, 9.17) is 30.6 Å². The van der Waals surface area contributed by atoms with Crippen LogP contribution in [0.25, 0.3) is 10.9 Å². The normalized spacial score (nSPS) is 14.0. The van der Waals surface area contributed by atoms with Crippen LogP contribution >= 0.6 is 11.6 Å². The number of halogens is 1. The number of hydrogen-bond acceptors (Lipinski definition) is 10. The van der Waals surface area contributed by atoms with Crippen LogP contribution in [-0.2, 0) is 25.5 Å². The van der Waals surface area contributed by atoms with E-state index in [1.807, 2.05) is 0 Å². The van der Waals surface area contributed by atoms with Crippen molar-refractivity contribution in [2.75, 3.05) is 20.4 Å². The summed E-state index contributed by atoms with van der Waals surface area (Å²) in [5, 5.41) is 13.5. The number of aryl methyl sites for hydroxylation is 1. The number of carbonyl (C=O) groups is 3. The zero-order valence-corrected chi connectivity index (χ0v) is 26.9. The maximum absolute atomic E-state index is 13.5. The van der Waals surface area contributed by atoms with Gasteiger partial charge in [0.1, 0.15) is 5.75 Å². The van der Waals surface area contributed by atoms with Crippen molar-refractivity contribution >= 4 is 46.0 Å². The molecule has 0 saturated carbocycles. The fourth-order valence-electron chi connectivity index (χ4n) is 5.45. The highest BCUT2D eigenvalue weighted by atomic mass is 35.5. The van der Waals surface area contributed by atoms with E-state index in [1.54, 1.807) is 62.4 Å². The molecule has 1 unspecified atom stereocenters. The Morgan fingerprint density at radius 3 is 2.48 bits per heavy atom. The van der Waals surface area contributed by atoms with E-state index < -0.39 is 29.7 Å². The molecule has 1 saturated heterocycles. The molecule has 48 heavy (non-hydrogen) atoms. The molecule has 0 spiro atoms. The number of nitro groups is 1. The number of nitrogens with one attached hydrogen (secondary N) is 1. The largest absolute Gasteiger partial charge is 0.497 e. The molecule has 250 valence electrons. The Hall–Kier alpha value is -5.70. The molecule has 1 atom stereocenters. The summed E-state index contributed by atoms with van der Waals surface area (Å²) in [6.45, 7) is 2.83. The lowest BCUT2D eigenvalue weighted by Gasteiger charge is -2.15. The van der Waals surface area contributed by atoms with Gasteiger partial charge in [0.05, 0.1) is 41.0 Å². The Balaban J connectivity index is 1.21. The molecule has 3 aromatic carbocycles. The van der Waals surface area contributed by atoms with Gasteiger partial charge in [-0.25, -0.2) is 4.79 Å². The minimum Gasteiger partial charge on any atom is -0.497 e. The number of nitroso groups, excluding NO2 is 1. The number of ether oxygens (including phenoxy) is 3. The van der Waals surface area contributed by atoms with E-state index in [-0.39, 0.29) is 41.7 Å². The number of aromatic nitrogens is 1. The monoisotopic (exact) mass is 680 g/mol. The fraction of sp³-hybridized carbons (Fsp3) is 0.281. The molecular weight excluding hydrogens is 650 g/mol. The van der Waals surface area contributed by atoms with Crippen LogP contribution in [0, 0.1) is 28.9 Å². The van der Waals surface area contributed by atoms with E-state index in [0.717, 1.165) is 5.01 Å². The first-order valence-electron chi connectivity index (χ1n) is 14.7. The molecule has 4 aromatic rings. The fourth-order valence-corrected chi connectivity index (χ4v) is 5.57. The molecule has 1 fully saturated rings. The van der Waals surface area contributed by atoms with Gasteiger partial charge in [0.2, 0.25) is 12.5 Å². The standard InChI is InChI=1S/C32H31ClN5O10/c1-19-6-13-29(28(15-19)37(42)43)48-34-38(44)35-14-4-5-27(35)32(41)47-18-46-30(39)17-24-20(2)36(26-12-11-23(45-3)16-25(24)26)31(40)21-7-9-22(33)10-8-21/h6-13,15-16,27H,4-5,14,17-18H2,1-3H3,(H,34,44)/q+1. The van der Waals surface area contributed by atoms with Crippen molar-refractivity contribution in [2.45, 2.75) is 39.2 Å². The van der Waals surface area contributed by atoms with Crippen molar-refractivity contribution in [3.05, 3.63) is 103 Å². The summed E-state index contributed by atoms with van der Waals surface area (Å²) in [7, 11) is 1.50. The van der Waals surface area contributed by atoms with Crippen molar-refractivity contribution in [3.63, 3.8) is 0 Å². The van der Waals surface area contributed by atoms with Gasteiger partial charge in [0.15, 0.2) is 6.04 Å². The lowest BCUT2D eigenvalue weighted by molar-refractivity contribution is -0.782. The quantitative estimate of drug-likeness (QED) is 0.0716. The van der Waals surface area contributed by atoms with E-state index in [2.05, 4.69) is 5.59 Å². The number of nitrogens with zero attached hydrogens (tertiary/aromatic N) is 4. The molecule has 1 N–H and O–H groups in total. The zero-order chi connectivity index (χ0) is 34.5. The summed E-state index contributed by atoms with van der Waals surface area (Å²) in [4.78, 5) is 68.0. The molecule has 0 bridgehead atoms. The molecule has 5 rings (SSSR count). The second-order valence-electron chi connectivity index (χ2n) is 10.9. The van der Waals surface area contributed by atoms with Crippen LogP contribution in [0.5, 0.6) is 11.5 Å². The molecule has 1 aliphatic rings. The van der Waals surface area contributed by atoms with Crippen LogP contribution in [0.2, 0.25) is 5.02 Å². The third-order valence-corrected chi connectivity index (χ3v) is 8.11. The summed E-state index contributed by atoms with van der Waals surface area (Å²) >= 11 is 5.99. The predicted octanol–water partition coefficient (Wildman–Crippen LogP) is 4.76. The van der Waals surface area contributed by atoms with Crippen molar-refractivity contribution < 1.29 is 43.3 Å². The number of esters is 2. The number of rotatable bonds is 12. The minimum atomic E-state index is -1.03. The van der Waals surface area contributed by atoms with Crippen LogP contribution < -0.4 is 15.2 Å². The van der Waals surface area contributed by atoms with Crippen LogP contribution in [0.15, 0.2) is 60.7 Å². The number of fused-ring (bicyclic) bond motifs is 1. The number of benzene rings is 3. The maximum atomic E-state index is 13.5. The Labute approximate surface area is 278 Å². The lowest BCUT2D eigenvalue weighted by Crippen LogP contribution is -2.49. The van der Waals surface area contributed by atoms with Gasteiger partial charge in [0.25, 0.3) is 10.9 Å². The van der Waals surface area contributed by atoms with E-state index in [0.29, 0.717) is 50.5 Å². The molecule has 0 amide bonds. The van der Waals surface area contributed by atoms with Crippen LogP contribution in [-0.4, -0.2) is 63.8 Å². The van der Waals surface area contributed by atoms with Crippen LogP contribution in [0.4, 0.5) is 5.69 Å². The Kier molecular flexibility index (Phi) is 10.1. The summed E-state index contributed by atoms with van der Waals surface area (Å²) in [5.74, 6) is -1.54. The highest BCUT2D eigenvalue weighted by Crippen LogP contribution is 2.31. The first-order valence-corrected chi connectivity index (χ1v) is 15.1. The van der Waals surface area contributed by atoms with Crippen molar-refractivity contribution in [1.82, 2.24) is 15.2 Å². The highest BCUT2D eigenvalue weighted by Gasteiger charge is 2.42. The SMILES string of the molecule is COc1ccc2c(c1)c(CC(=O)OCOC(=O)C1CCCN1[N+](=O)NOc1ccc(C)cc1[N+](=O)[O-])c(C)n2C(=O)c1ccc(Cl)cc1. The van der Waals surface area contributed by atoms with Gasteiger partial charge < -0.3 is 19.0 Å². The second kappa shape index (κ2) is 14.4. The van der Waals surface area contributed by atoms with E-state index in [9.17, 15) is 29.4 Å². The van der Waals surface area contributed by atoms with E-state index >= 15 is 0 Å². The van der Waals surface area contributed by atoms with E-state index in [1.165, 1.54) is 23.8 Å². The predicted molar refractivity (Wildman–Crippen MR) is 170 cm³/mol. The number of methoxy groups -OCH3 is 1. The summed E-state index contributed by atoms with van der Waals surface area (Å²) in [6, 6.07) is 14.8. The Morgan fingerprint density at radius 2 is 1.77 bits per heavy atom. The first-order chi connectivity index (χ1) is 23.0. The van der Waals surface area contributed by atoms with Crippen LogP contribution in [0.1, 0.15) is 40.0 Å². The zero-order valence-electron chi connectivity index (χ0n) is 26.1. The van der Waals surface area contributed by atoms with Crippen LogP contribution in [0.3, 0.4) is 0 Å². The van der Waals surface area contributed by atoms with Gasteiger partial charge in [0, 0.05) is 27.7 Å². The molecule has 0 aliphatic carbocycles. The van der Waals surface area contributed by atoms with Gasteiger partial charge >= 0.3 is 17.6 Å². The van der Waals surface area contributed by atoms with Gasteiger partial charge in [-0.1, -0.05) is 22.7 Å². The third kappa shape index (κ3) is 7.15. The molecule has 0 radical (unpaired) electrons. The van der Waals surface area contributed by atoms with Gasteiger partial charge in [-0.15, -0.1) is 0 Å². The Morgan fingerprint density at radius 1 is 1.02 bits per heavy atom. The average molecular weight is 681 g/mol. The third-order valence-electron chi connectivity index (χ3n) is 7.85. The Bertz CT molecular complexity index is 1910. The van der Waals surface area contributed by atoms with Crippen molar-refractivity contribution in [1.29, 1.82) is 0 Å². The lowest BCUT2D eigenvalue weighted by atomic mass is 10.1. The van der Waals surface area contributed by atoms with Gasteiger partial charge in [-0.2, -0.15) is 0 Å². The molecule has 15 nitrogen and oxygen atoms in total. The topological polar surface area (TPSA) is 172 Å². The van der Waals surface area contributed by atoms with Crippen molar-refractivity contribution in [3.8, 4) is 11.5 Å². The molecule has 1 aliphatic heterocycles. The summed E-state index contributed by atoms with van der Waals surface area (Å²) < 4.78 is 17.2. The number of hydrogen-bond donors (Lipinski definition) is 1.